The summed E-state index contributed by atoms with van der Waals surface area (Å²) in [7, 11) is 0. The van der Waals surface area contributed by atoms with E-state index in [0.717, 1.165) is 5.56 Å². The molecule has 0 fully saturated rings. The van der Waals surface area contributed by atoms with Gasteiger partial charge < -0.3 is 14.8 Å². The Balaban J connectivity index is 0.000000399. The summed E-state index contributed by atoms with van der Waals surface area (Å²) in [5, 5.41) is 10.3. The van der Waals surface area contributed by atoms with Crippen molar-refractivity contribution >= 4 is 21.9 Å². The number of nitrogens with one attached hydrogen (secondary N) is 1. The van der Waals surface area contributed by atoms with Gasteiger partial charge in [-0.3, -0.25) is 0 Å². The van der Waals surface area contributed by atoms with Gasteiger partial charge in [0.05, 0.1) is 30.4 Å². The van der Waals surface area contributed by atoms with Gasteiger partial charge >= 0.3 is 0 Å². The highest BCUT2D eigenvalue weighted by Gasteiger charge is 2.04. The first kappa shape index (κ1) is 18.1. The van der Waals surface area contributed by atoms with Crippen LogP contribution in [0.15, 0.2) is 30.3 Å². The van der Waals surface area contributed by atoms with Crippen LogP contribution in [0, 0.1) is 0 Å². The SMILES string of the molecule is CC[NH+](CC)CC.O=C([O-])[C@H](Br)Cc1ccccc1. The molecule has 0 bridgehead atoms. The quantitative estimate of drug-likeness (QED) is 0.780. The van der Waals surface area contributed by atoms with Crippen LogP contribution in [-0.2, 0) is 11.2 Å². The standard InChI is InChI=1S/C9H9BrO2.C6H15N/c10-8(9(11)12)6-7-4-2-1-3-5-7;1-4-7(5-2)6-3/h1-5,8H,6H2,(H,11,12);4-6H2,1-3H3/t8-;/m1./s1. The molecule has 0 amide bonds. The Bertz CT molecular complexity index is 334. The monoisotopic (exact) mass is 329 g/mol. The van der Waals surface area contributed by atoms with Crippen molar-refractivity contribution in [2.24, 2.45) is 0 Å². The number of rotatable bonds is 6. The fraction of sp³-hybridized carbons (Fsp3) is 0.533. The number of carbonyl (C=O) groups excluding carboxylic acids is 1. The number of carboxylic acid groups (broad SMARTS) is 1. The maximum absolute atomic E-state index is 10.3. The van der Waals surface area contributed by atoms with Crippen molar-refractivity contribution in [2.75, 3.05) is 19.6 Å². The number of aliphatic carboxylic acids is 1. The summed E-state index contributed by atoms with van der Waals surface area (Å²) < 4.78 is 0. The Morgan fingerprint density at radius 2 is 1.63 bits per heavy atom. The Morgan fingerprint density at radius 1 is 1.16 bits per heavy atom. The number of hydrogen-bond donors (Lipinski definition) is 1. The molecule has 19 heavy (non-hydrogen) atoms. The molecule has 0 aliphatic heterocycles. The number of carbonyl (C=O) groups is 1. The topological polar surface area (TPSA) is 44.6 Å². The van der Waals surface area contributed by atoms with E-state index in [1.165, 1.54) is 19.6 Å². The van der Waals surface area contributed by atoms with Crippen LogP contribution in [0.1, 0.15) is 26.3 Å². The number of benzene rings is 1. The zero-order valence-electron chi connectivity index (χ0n) is 12.0. The van der Waals surface area contributed by atoms with E-state index < -0.39 is 10.8 Å². The first-order valence-corrected chi connectivity index (χ1v) is 7.69. The molecule has 0 unspecified atom stereocenters. The summed E-state index contributed by atoms with van der Waals surface area (Å²) in [6, 6.07) is 9.43. The van der Waals surface area contributed by atoms with Crippen molar-refractivity contribution < 1.29 is 14.8 Å². The van der Waals surface area contributed by atoms with Crippen LogP contribution in [0.3, 0.4) is 0 Å². The van der Waals surface area contributed by atoms with Crippen LogP contribution < -0.4 is 10.0 Å². The molecular formula is C15H24BrNO2. The van der Waals surface area contributed by atoms with Crippen molar-refractivity contribution in [3.63, 3.8) is 0 Å². The van der Waals surface area contributed by atoms with E-state index in [-0.39, 0.29) is 0 Å². The minimum absolute atomic E-state index is 0.461. The summed E-state index contributed by atoms with van der Waals surface area (Å²) in [5.74, 6) is -1.07. The number of carboxylic acids is 1. The third-order valence-electron chi connectivity index (χ3n) is 3.01. The van der Waals surface area contributed by atoms with E-state index >= 15 is 0 Å². The zero-order valence-corrected chi connectivity index (χ0v) is 13.6. The van der Waals surface area contributed by atoms with Gasteiger partial charge in [0.25, 0.3) is 0 Å². The van der Waals surface area contributed by atoms with Crippen LogP contribution in [-0.4, -0.2) is 30.4 Å². The largest absolute Gasteiger partial charge is 0.549 e. The van der Waals surface area contributed by atoms with Crippen LogP contribution in [0.2, 0.25) is 0 Å². The van der Waals surface area contributed by atoms with E-state index in [1.54, 1.807) is 4.90 Å². The molecule has 0 radical (unpaired) electrons. The molecule has 1 N–H and O–H groups in total. The highest BCUT2D eigenvalue weighted by molar-refractivity contribution is 9.10. The smallest absolute Gasteiger partial charge is 0.0742 e. The minimum Gasteiger partial charge on any atom is -0.549 e. The summed E-state index contributed by atoms with van der Waals surface area (Å²) >= 11 is 3.02. The average Bonchev–Trinajstić information content (AvgIpc) is 2.42. The fourth-order valence-electron chi connectivity index (χ4n) is 1.65. The normalized spacial score (nSPS) is 11.6. The Kier molecular flexibility index (Phi) is 10.5. The molecule has 0 aliphatic carbocycles. The average molecular weight is 330 g/mol. The fourth-order valence-corrected chi connectivity index (χ4v) is 2.03. The molecule has 1 aromatic carbocycles. The lowest BCUT2D eigenvalue weighted by Crippen LogP contribution is -3.11. The van der Waals surface area contributed by atoms with Gasteiger partial charge in [-0.15, -0.1) is 0 Å². The van der Waals surface area contributed by atoms with Crippen molar-refractivity contribution in [1.29, 1.82) is 0 Å². The Labute approximate surface area is 124 Å². The molecule has 0 spiro atoms. The van der Waals surface area contributed by atoms with E-state index in [2.05, 4.69) is 36.7 Å². The lowest BCUT2D eigenvalue weighted by molar-refractivity contribution is -0.894. The summed E-state index contributed by atoms with van der Waals surface area (Å²) in [6.45, 7) is 10.5. The molecule has 4 heteroatoms. The van der Waals surface area contributed by atoms with Crippen molar-refractivity contribution in [2.45, 2.75) is 32.0 Å². The zero-order chi connectivity index (χ0) is 14.7. The third-order valence-corrected chi connectivity index (χ3v) is 3.71. The molecule has 3 nitrogen and oxygen atoms in total. The maximum Gasteiger partial charge on any atom is 0.0742 e. The lowest BCUT2D eigenvalue weighted by atomic mass is 10.1. The number of quaternary nitrogens is 1. The first-order valence-electron chi connectivity index (χ1n) is 6.77. The minimum atomic E-state index is -1.07. The Hall–Kier alpha value is -0.870. The molecule has 1 aromatic rings. The van der Waals surface area contributed by atoms with Crippen molar-refractivity contribution in [1.82, 2.24) is 0 Å². The first-order chi connectivity index (χ1) is 9.04. The molecule has 1 rings (SSSR count). The third kappa shape index (κ3) is 8.78. The van der Waals surface area contributed by atoms with Gasteiger partial charge in [-0.1, -0.05) is 46.3 Å². The highest BCUT2D eigenvalue weighted by Crippen LogP contribution is 2.08. The van der Waals surface area contributed by atoms with Gasteiger partial charge in [0.2, 0.25) is 0 Å². The van der Waals surface area contributed by atoms with Gasteiger partial charge in [-0.05, 0) is 32.8 Å². The molecular weight excluding hydrogens is 306 g/mol. The Morgan fingerprint density at radius 3 is 1.95 bits per heavy atom. The van der Waals surface area contributed by atoms with Crippen molar-refractivity contribution in [3.8, 4) is 0 Å². The predicted molar refractivity (Wildman–Crippen MR) is 80.5 cm³/mol. The molecule has 0 saturated heterocycles. The van der Waals surface area contributed by atoms with Gasteiger partial charge in [-0.25, -0.2) is 0 Å². The van der Waals surface area contributed by atoms with Crippen LogP contribution in [0.5, 0.6) is 0 Å². The van der Waals surface area contributed by atoms with Gasteiger partial charge in [-0.2, -0.15) is 0 Å². The van der Waals surface area contributed by atoms with Gasteiger partial charge in [0.1, 0.15) is 0 Å². The molecule has 0 saturated carbocycles. The lowest BCUT2D eigenvalue weighted by Gasteiger charge is -2.10. The van der Waals surface area contributed by atoms with Gasteiger partial charge in [0, 0.05) is 0 Å². The summed E-state index contributed by atoms with van der Waals surface area (Å²) in [4.78, 5) is 11.4. The number of halogens is 1. The second kappa shape index (κ2) is 11.0. The van der Waals surface area contributed by atoms with Crippen molar-refractivity contribution in [3.05, 3.63) is 35.9 Å². The van der Waals surface area contributed by atoms with Gasteiger partial charge in [0.15, 0.2) is 0 Å². The molecule has 1 atom stereocenters. The van der Waals surface area contributed by atoms with E-state index in [4.69, 9.17) is 0 Å². The van der Waals surface area contributed by atoms with Crippen LogP contribution in [0.4, 0.5) is 0 Å². The maximum atomic E-state index is 10.3. The molecule has 0 aromatic heterocycles. The molecule has 0 aliphatic rings. The highest BCUT2D eigenvalue weighted by atomic mass is 79.9. The van der Waals surface area contributed by atoms with Crippen LogP contribution in [0.25, 0.3) is 0 Å². The van der Waals surface area contributed by atoms with E-state index in [9.17, 15) is 9.90 Å². The number of hydrogen-bond acceptors (Lipinski definition) is 2. The van der Waals surface area contributed by atoms with Crippen LogP contribution >= 0.6 is 15.9 Å². The molecule has 0 heterocycles. The number of alkyl halides is 1. The summed E-state index contributed by atoms with van der Waals surface area (Å²) in [6.07, 6.45) is 0.461. The second-order valence-corrected chi connectivity index (χ2v) is 5.39. The second-order valence-electron chi connectivity index (χ2n) is 4.29. The summed E-state index contributed by atoms with van der Waals surface area (Å²) in [5.41, 5.74) is 0.989. The molecule has 108 valence electrons. The van der Waals surface area contributed by atoms with E-state index in [0.29, 0.717) is 6.42 Å². The predicted octanol–water partition coefficient (Wildman–Crippen LogP) is 0.674. The van der Waals surface area contributed by atoms with E-state index in [1.807, 2.05) is 30.3 Å².